The third-order valence-electron chi connectivity index (χ3n) is 9.79. The van der Waals surface area contributed by atoms with Crippen LogP contribution >= 0.6 is 0 Å². The van der Waals surface area contributed by atoms with E-state index in [-0.39, 0.29) is 52.1 Å². The lowest BCUT2D eigenvalue weighted by Gasteiger charge is -2.42. The fourth-order valence-electron chi connectivity index (χ4n) is 5.75. The molecule has 0 aromatic rings. The van der Waals surface area contributed by atoms with Gasteiger partial charge in [-0.1, -0.05) is 47.5 Å². The van der Waals surface area contributed by atoms with E-state index >= 15 is 0 Å². The second-order valence-electron chi connectivity index (χ2n) is 14.8. The molecule has 0 bridgehead atoms. The minimum atomic E-state index is -0.376. The molecule has 41 heavy (non-hydrogen) atoms. The van der Waals surface area contributed by atoms with Gasteiger partial charge in [0.05, 0.1) is 47.8 Å². The van der Waals surface area contributed by atoms with Gasteiger partial charge in [-0.2, -0.15) is 0 Å². The van der Waals surface area contributed by atoms with Gasteiger partial charge < -0.3 is 30.4 Å². The molecule has 6 nitrogen and oxygen atoms in total. The summed E-state index contributed by atoms with van der Waals surface area (Å²) in [6.07, 6.45) is 9.90. The van der Waals surface area contributed by atoms with Crippen molar-refractivity contribution < 1.29 is 18.9 Å². The van der Waals surface area contributed by atoms with E-state index in [1.54, 1.807) is 0 Å². The largest absolute Gasteiger partial charge is 0.375 e. The summed E-state index contributed by atoms with van der Waals surface area (Å²) in [5.41, 5.74) is 11.1. The Hall–Kier alpha value is -0.240. The van der Waals surface area contributed by atoms with Gasteiger partial charge in [0.1, 0.15) is 0 Å². The lowest BCUT2D eigenvalue weighted by atomic mass is 9.80. The van der Waals surface area contributed by atoms with E-state index in [9.17, 15) is 0 Å². The molecule has 6 heteroatoms. The fourth-order valence-corrected chi connectivity index (χ4v) is 5.75. The average molecular weight is 587 g/mol. The Morgan fingerprint density at radius 3 is 1.37 bits per heavy atom. The summed E-state index contributed by atoms with van der Waals surface area (Å²) >= 11 is 0. The van der Waals surface area contributed by atoms with Crippen LogP contribution in [0.15, 0.2) is 0 Å². The zero-order valence-electron chi connectivity index (χ0n) is 30.1. The Morgan fingerprint density at radius 1 is 0.585 bits per heavy atom. The summed E-state index contributed by atoms with van der Waals surface area (Å²) in [5.74, 6) is 0. The Morgan fingerprint density at radius 2 is 1.02 bits per heavy atom. The SMILES string of the molecule is CCCCC(CC)(COC(C)(CC)CC(C)OC(C)(CC)CC(C)N)COC(C)(CC)CC(C)OC(C)(C)C(C)N. The molecule has 0 fully saturated rings. The van der Waals surface area contributed by atoms with Gasteiger partial charge in [0.15, 0.2) is 0 Å². The van der Waals surface area contributed by atoms with Gasteiger partial charge in [-0.05, 0) is 101 Å². The van der Waals surface area contributed by atoms with Crippen LogP contribution in [0.3, 0.4) is 0 Å². The topological polar surface area (TPSA) is 89.0 Å². The molecular formula is C35H74N2O4. The van der Waals surface area contributed by atoms with E-state index in [4.69, 9.17) is 30.4 Å². The fraction of sp³-hybridized carbons (Fsp3) is 1.00. The Bertz CT molecular complexity index is 702. The van der Waals surface area contributed by atoms with Gasteiger partial charge in [-0.3, -0.25) is 0 Å². The zero-order chi connectivity index (χ0) is 32.1. The smallest absolute Gasteiger partial charge is 0.0777 e. The summed E-state index contributed by atoms with van der Waals surface area (Å²) in [5, 5.41) is 0. The molecule has 4 N–H and O–H groups in total. The van der Waals surface area contributed by atoms with Crippen molar-refractivity contribution in [3.05, 3.63) is 0 Å². The molecular weight excluding hydrogens is 512 g/mol. The molecule has 8 unspecified atom stereocenters. The van der Waals surface area contributed by atoms with Crippen LogP contribution in [0.5, 0.6) is 0 Å². The molecule has 0 amide bonds. The first-order valence-corrected chi connectivity index (χ1v) is 16.9. The van der Waals surface area contributed by atoms with Crippen molar-refractivity contribution in [1.82, 2.24) is 0 Å². The van der Waals surface area contributed by atoms with Crippen molar-refractivity contribution in [2.24, 2.45) is 16.9 Å². The summed E-state index contributed by atoms with van der Waals surface area (Å²) in [6.45, 7) is 31.7. The molecule has 0 heterocycles. The molecule has 248 valence electrons. The van der Waals surface area contributed by atoms with Gasteiger partial charge in [-0.25, -0.2) is 0 Å². The van der Waals surface area contributed by atoms with Crippen molar-refractivity contribution >= 4 is 0 Å². The first-order valence-electron chi connectivity index (χ1n) is 16.9. The van der Waals surface area contributed by atoms with E-state index in [1.165, 1.54) is 6.42 Å². The highest BCUT2D eigenvalue weighted by molar-refractivity contribution is 4.87. The molecule has 0 saturated carbocycles. The maximum absolute atomic E-state index is 6.88. The van der Waals surface area contributed by atoms with Gasteiger partial charge in [0, 0.05) is 30.3 Å². The molecule has 0 aliphatic carbocycles. The quantitative estimate of drug-likeness (QED) is 0.118. The van der Waals surface area contributed by atoms with Crippen molar-refractivity contribution in [2.75, 3.05) is 13.2 Å². The summed E-state index contributed by atoms with van der Waals surface area (Å²) in [4.78, 5) is 0. The Balaban J connectivity index is 5.61. The van der Waals surface area contributed by atoms with Gasteiger partial charge in [0.25, 0.3) is 0 Å². The van der Waals surface area contributed by atoms with Crippen LogP contribution in [0, 0.1) is 5.41 Å². The molecule has 0 aliphatic heterocycles. The molecule has 0 aromatic heterocycles. The van der Waals surface area contributed by atoms with Crippen LogP contribution in [-0.4, -0.2) is 59.9 Å². The molecule has 0 saturated heterocycles. The number of unbranched alkanes of at least 4 members (excludes halogenated alkanes) is 1. The van der Waals surface area contributed by atoms with Crippen LogP contribution in [0.4, 0.5) is 0 Å². The molecule has 0 aromatic carbocycles. The summed E-state index contributed by atoms with van der Waals surface area (Å²) < 4.78 is 26.7. The minimum Gasteiger partial charge on any atom is -0.375 e. The van der Waals surface area contributed by atoms with Crippen molar-refractivity contribution in [3.63, 3.8) is 0 Å². The van der Waals surface area contributed by atoms with Crippen molar-refractivity contribution in [3.8, 4) is 0 Å². The predicted molar refractivity (Wildman–Crippen MR) is 177 cm³/mol. The summed E-state index contributed by atoms with van der Waals surface area (Å²) in [6, 6.07) is 0.0717. The first-order chi connectivity index (χ1) is 18.8. The lowest BCUT2D eigenvalue weighted by molar-refractivity contribution is -0.163. The highest BCUT2D eigenvalue weighted by Crippen LogP contribution is 2.37. The van der Waals surface area contributed by atoms with Crippen molar-refractivity contribution in [2.45, 2.75) is 208 Å². The van der Waals surface area contributed by atoms with Crippen LogP contribution in [0.1, 0.15) is 161 Å². The van der Waals surface area contributed by atoms with Crippen LogP contribution in [0.25, 0.3) is 0 Å². The average Bonchev–Trinajstić information content (AvgIpc) is 2.87. The predicted octanol–water partition coefficient (Wildman–Crippen LogP) is 8.57. The van der Waals surface area contributed by atoms with Crippen molar-refractivity contribution in [1.29, 1.82) is 0 Å². The normalized spacial score (nSPS) is 21.7. The van der Waals surface area contributed by atoms with Crippen LogP contribution in [0.2, 0.25) is 0 Å². The monoisotopic (exact) mass is 587 g/mol. The van der Waals surface area contributed by atoms with E-state index in [0.717, 1.165) is 57.8 Å². The second kappa shape index (κ2) is 17.9. The highest BCUT2D eigenvalue weighted by atomic mass is 16.5. The maximum Gasteiger partial charge on any atom is 0.0777 e. The number of nitrogens with two attached hydrogens (primary N) is 2. The van der Waals surface area contributed by atoms with E-state index < -0.39 is 0 Å². The maximum atomic E-state index is 6.88. The molecule has 0 spiro atoms. The standard InChI is InChI=1S/C35H74N2O4/c1-15-20-21-35(19-5,25-38-32(12,16-2)23-28(7)40-31(10,11)30(9)37)26-39-33(13,17-3)24-29(8)41-34(14,18-4)22-27(6)36/h27-30H,15-26,36-37H2,1-14H3. The van der Waals surface area contributed by atoms with E-state index in [1.807, 2.05) is 6.92 Å². The Labute approximate surface area is 256 Å². The number of ether oxygens (including phenoxy) is 4. The van der Waals surface area contributed by atoms with Crippen LogP contribution < -0.4 is 11.5 Å². The summed E-state index contributed by atoms with van der Waals surface area (Å²) in [7, 11) is 0. The second-order valence-corrected chi connectivity index (χ2v) is 14.8. The third-order valence-corrected chi connectivity index (χ3v) is 9.79. The van der Waals surface area contributed by atoms with Gasteiger partial charge >= 0.3 is 0 Å². The van der Waals surface area contributed by atoms with E-state index in [2.05, 4.69) is 90.0 Å². The Kier molecular flexibility index (Phi) is 17.8. The van der Waals surface area contributed by atoms with Crippen LogP contribution in [-0.2, 0) is 18.9 Å². The number of hydrogen-bond acceptors (Lipinski definition) is 6. The molecule has 0 rings (SSSR count). The van der Waals surface area contributed by atoms with E-state index in [0.29, 0.717) is 13.2 Å². The molecule has 0 aliphatic rings. The molecule has 8 atom stereocenters. The third kappa shape index (κ3) is 14.9. The lowest BCUT2D eigenvalue weighted by Crippen LogP contribution is -2.47. The number of hydrogen-bond donors (Lipinski definition) is 2. The minimum absolute atomic E-state index is 0.0327. The molecule has 0 radical (unpaired) electrons. The first kappa shape index (κ1) is 40.8. The van der Waals surface area contributed by atoms with Gasteiger partial charge in [-0.15, -0.1) is 0 Å². The number of rotatable bonds is 24. The highest BCUT2D eigenvalue weighted by Gasteiger charge is 2.38. The zero-order valence-corrected chi connectivity index (χ0v) is 30.1. The van der Waals surface area contributed by atoms with Gasteiger partial charge in [0.2, 0.25) is 0 Å².